The summed E-state index contributed by atoms with van der Waals surface area (Å²) in [6.45, 7) is 0. The molecule has 1 N–H and O–H groups in total. The number of rotatable bonds is 2. The Morgan fingerprint density at radius 3 is 2.86 bits per heavy atom. The molecule has 0 aliphatic rings. The van der Waals surface area contributed by atoms with Gasteiger partial charge < -0.3 is 5.32 Å². The maximum absolute atomic E-state index is 13.2. The Hall–Kier alpha value is -2.53. The molecule has 2 aromatic carbocycles. The number of anilines is 2. The van der Waals surface area contributed by atoms with Crippen molar-refractivity contribution in [1.82, 2.24) is 9.97 Å². The van der Waals surface area contributed by atoms with Crippen LogP contribution in [0.5, 0.6) is 0 Å². The SMILES string of the molecule is Fc1ccc2nc(Nc3cnc4ccccc4c3)sc2c1. The smallest absolute Gasteiger partial charge is 0.188 e. The van der Waals surface area contributed by atoms with Gasteiger partial charge in [-0.1, -0.05) is 29.5 Å². The van der Waals surface area contributed by atoms with Gasteiger partial charge in [0.05, 0.1) is 27.6 Å². The number of hydrogen-bond donors (Lipinski definition) is 1. The van der Waals surface area contributed by atoms with E-state index in [9.17, 15) is 4.39 Å². The van der Waals surface area contributed by atoms with E-state index in [2.05, 4.69) is 15.3 Å². The minimum atomic E-state index is -0.245. The molecule has 0 bridgehead atoms. The van der Waals surface area contributed by atoms with Gasteiger partial charge in [0.2, 0.25) is 0 Å². The molecule has 2 aromatic heterocycles. The van der Waals surface area contributed by atoms with Crippen LogP contribution in [0.4, 0.5) is 15.2 Å². The summed E-state index contributed by atoms with van der Waals surface area (Å²) >= 11 is 1.42. The summed E-state index contributed by atoms with van der Waals surface area (Å²) in [6.07, 6.45) is 1.77. The molecule has 102 valence electrons. The van der Waals surface area contributed by atoms with E-state index in [1.54, 1.807) is 12.3 Å². The first-order valence-corrected chi connectivity index (χ1v) is 7.27. The molecule has 5 heteroatoms. The zero-order valence-electron chi connectivity index (χ0n) is 10.9. The molecule has 21 heavy (non-hydrogen) atoms. The first kappa shape index (κ1) is 12.2. The van der Waals surface area contributed by atoms with E-state index in [0.29, 0.717) is 0 Å². The van der Waals surface area contributed by atoms with E-state index in [1.165, 1.54) is 23.5 Å². The Bertz CT molecular complexity index is 948. The number of benzene rings is 2. The summed E-state index contributed by atoms with van der Waals surface area (Å²) < 4.78 is 14.0. The van der Waals surface area contributed by atoms with Gasteiger partial charge in [-0.25, -0.2) is 9.37 Å². The topological polar surface area (TPSA) is 37.8 Å². The maximum Gasteiger partial charge on any atom is 0.188 e. The minimum absolute atomic E-state index is 0.245. The quantitative estimate of drug-likeness (QED) is 0.581. The van der Waals surface area contributed by atoms with Crippen molar-refractivity contribution in [2.75, 3.05) is 5.32 Å². The normalized spacial score (nSPS) is 11.1. The van der Waals surface area contributed by atoms with Crippen molar-refractivity contribution in [3.05, 3.63) is 60.5 Å². The van der Waals surface area contributed by atoms with Crippen molar-refractivity contribution in [1.29, 1.82) is 0 Å². The molecule has 0 saturated carbocycles. The van der Waals surface area contributed by atoms with Gasteiger partial charge in [0.1, 0.15) is 5.82 Å². The third kappa shape index (κ3) is 2.32. The highest BCUT2D eigenvalue weighted by Gasteiger charge is 2.06. The average molecular weight is 295 g/mol. The number of fused-ring (bicyclic) bond motifs is 2. The molecule has 0 radical (unpaired) electrons. The third-order valence-electron chi connectivity index (χ3n) is 3.19. The van der Waals surface area contributed by atoms with Gasteiger partial charge in [0.25, 0.3) is 0 Å². The molecule has 0 saturated heterocycles. The van der Waals surface area contributed by atoms with Crippen molar-refractivity contribution in [2.45, 2.75) is 0 Å². The van der Waals surface area contributed by atoms with Gasteiger partial charge >= 0.3 is 0 Å². The van der Waals surface area contributed by atoms with E-state index in [0.717, 1.165) is 31.9 Å². The number of nitrogens with one attached hydrogen (secondary N) is 1. The van der Waals surface area contributed by atoms with Crippen LogP contribution in [0.1, 0.15) is 0 Å². The second-order valence-corrected chi connectivity index (χ2v) is 5.70. The van der Waals surface area contributed by atoms with Crippen molar-refractivity contribution in [3.8, 4) is 0 Å². The monoisotopic (exact) mass is 295 g/mol. The van der Waals surface area contributed by atoms with Crippen LogP contribution in [-0.4, -0.2) is 9.97 Å². The van der Waals surface area contributed by atoms with Gasteiger partial charge in [-0.3, -0.25) is 4.98 Å². The molecule has 3 nitrogen and oxygen atoms in total. The molecular formula is C16H10FN3S. The Morgan fingerprint density at radius 2 is 1.90 bits per heavy atom. The Balaban J connectivity index is 1.71. The molecule has 0 fully saturated rings. The fraction of sp³-hybridized carbons (Fsp3) is 0. The summed E-state index contributed by atoms with van der Waals surface area (Å²) in [5.41, 5.74) is 2.61. The van der Waals surface area contributed by atoms with E-state index in [4.69, 9.17) is 0 Å². The van der Waals surface area contributed by atoms with E-state index in [-0.39, 0.29) is 5.82 Å². The molecule has 0 aliphatic heterocycles. The van der Waals surface area contributed by atoms with Crippen molar-refractivity contribution in [2.24, 2.45) is 0 Å². The lowest BCUT2D eigenvalue weighted by Gasteiger charge is -2.03. The van der Waals surface area contributed by atoms with Crippen LogP contribution in [0.15, 0.2) is 54.7 Å². The lowest BCUT2D eigenvalue weighted by molar-refractivity contribution is 0.630. The van der Waals surface area contributed by atoms with Crippen molar-refractivity contribution in [3.63, 3.8) is 0 Å². The second kappa shape index (κ2) is 4.79. The zero-order valence-corrected chi connectivity index (χ0v) is 11.7. The summed E-state index contributed by atoms with van der Waals surface area (Å²) in [5.74, 6) is -0.245. The van der Waals surface area contributed by atoms with Crippen LogP contribution in [0.2, 0.25) is 0 Å². The summed E-state index contributed by atoms with van der Waals surface area (Å²) in [6, 6.07) is 14.6. The highest BCUT2D eigenvalue weighted by atomic mass is 32.1. The van der Waals surface area contributed by atoms with Crippen LogP contribution in [0.3, 0.4) is 0 Å². The number of pyridine rings is 1. The Labute approximate surface area is 124 Å². The number of nitrogens with zero attached hydrogens (tertiary/aromatic N) is 2. The third-order valence-corrected chi connectivity index (χ3v) is 4.13. The molecule has 4 rings (SSSR count). The molecule has 0 spiro atoms. The molecule has 2 heterocycles. The summed E-state index contributed by atoms with van der Waals surface area (Å²) in [5, 5.41) is 5.02. The fourth-order valence-electron chi connectivity index (χ4n) is 2.21. The minimum Gasteiger partial charge on any atom is -0.330 e. The van der Waals surface area contributed by atoms with Crippen LogP contribution < -0.4 is 5.32 Å². The zero-order chi connectivity index (χ0) is 14.2. The highest BCUT2D eigenvalue weighted by molar-refractivity contribution is 7.22. The van der Waals surface area contributed by atoms with Crippen LogP contribution in [-0.2, 0) is 0 Å². The first-order valence-electron chi connectivity index (χ1n) is 6.46. The van der Waals surface area contributed by atoms with Crippen LogP contribution >= 0.6 is 11.3 Å². The van der Waals surface area contributed by atoms with Gasteiger partial charge in [-0.2, -0.15) is 0 Å². The number of thiazole rings is 1. The predicted molar refractivity (Wildman–Crippen MR) is 84.6 cm³/mol. The van der Waals surface area contributed by atoms with Gasteiger partial charge in [-0.05, 0) is 30.3 Å². The number of halogens is 1. The molecule has 4 aromatic rings. The van der Waals surface area contributed by atoms with E-state index >= 15 is 0 Å². The number of aromatic nitrogens is 2. The van der Waals surface area contributed by atoms with Crippen LogP contribution in [0.25, 0.3) is 21.1 Å². The van der Waals surface area contributed by atoms with Crippen LogP contribution in [0, 0.1) is 5.82 Å². The lowest BCUT2D eigenvalue weighted by atomic mass is 10.2. The van der Waals surface area contributed by atoms with Gasteiger partial charge in [0.15, 0.2) is 5.13 Å². The second-order valence-electron chi connectivity index (χ2n) is 4.67. The average Bonchev–Trinajstić information content (AvgIpc) is 2.88. The maximum atomic E-state index is 13.2. The standard InChI is InChI=1S/C16H10FN3S/c17-11-5-6-14-15(8-11)21-16(20-14)19-12-7-10-3-1-2-4-13(10)18-9-12/h1-9H,(H,19,20). The van der Waals surface area contributed by atoms with Crippen molar-refractivity contribution >= 4 is 43.3 Å². The Kier molecular flexibility index (Phi) is 2.79. The van der Waals surface area contributed by atoms with Gasteiger partial charge in [-0.15, -0.1) is 0 Å². The van der Waals surface area contributed by atoms with Crippen molar-refractivity contribution < 1.29 is 4.39 Å². The largest absolute Gasteiger partial charge is 0.330 e. The predicted octanol–water partition coefficient (Wildman–Crippen LogP) is 4.73. The number of hydrogen-bond acceptors (Lipinski definition) is 4. The summed E-state index contributed by atoms with van der Waals surface area (Å²) in [4.78, 5) is 8.84. The molecule has 0 unspecified atom stereocenters. The number of para-hydroxylation sites is 1. The molecule has 0 amide bonds. The van der Waals surface area contributed by atoms with E-state index in [1.807, 2.05) is 30.3 Å². The Morgan fingerprint density at radius 1 is 1.00 bits per heavy atom. The summed E-state index contributed by atoms with van der Waals surface area (Å²) in [7, 11) is 0. The molecular weight excluding hydrogens is 285 g/mol. The van der Waals surface area contributed by atoms with Gasteiger partial charge in [0, 0.05) is 5.39 Å². The first-order chi connectivity index (χ1) is 10.3. The van der Waals surface area contributed by atoms with E-state index < -0.39 is 0 Å². The lowest BCUT2D eigenvalue weighted by Crippen LogP contribution is -1.90. The molecule has 0 atom stereocenters. The fourth-order valence-corrected chi connectivity index (χ4v) is 3.13. The highest BCUT2D eigenvalue weighted by Crippen LogP contribution is 2.29. The molecule has 0 aliphatic carbocycles.